The Morgan fingerprint density at radius 1 is 1.17 bits per heavy atom. The fourth-order valence-electron chi connectivity index (χ4n) is 4.36. The Bertz CT molecular complexity index is 531. The molecule has 0 radical (unpaired) electrons. The van der Waals surface area contributed by atoms with Crippen molar-refractivity contribution in [1.29, 1.82) is 0 Å². The summed E-state index contributed by atoms with van der Waals surface area (Å²) in [7, 11) is 0. The summed E-state index contributed by atoms with van der Waals surface area (Å²) in [5, 5.41) is 0. The molecule has 0 aromatic carbocycles. The van der Waals surface area contributed by atoms with Crippen LogP contribution in [-0.2, 0) is 33.3 Å². The summed E-state index contributed by atoms with van der Waals surface area (Å²) in [6.07, 6.45) is -0.459. The van der Waals surface area contributed by atoms with Gasteiger partial charge in [-0.15, -0.1) is 0 Å². The van der Waals surface area contributed by atoms with Gasteiger partial charge in [0, 0.05) is 20.3 Å². The zero-order valence-electron chi connectivity index (χ0n) is 14.2. The molecule has 1 aliphatic carbocycles. The van der Waals surface area contributed by atoms with Gasteiger partial charge in [-0.3, -0.25) is 9.59 Å². The molecule has 3 rings (SSSR count). The zero-order valence-corrected chi connectivity index (χ0v) is 14.2. The minimum absolute atomic E-state index is 0.138. The van der Waals surface area contributed by atoms with Gasteiger partial charge in [-0.1, -0.05) is 0 Å². The maximum atomic E-state index is 11.6. The van der Waals surface area contributed by atoms with E-state index in [1.807, 2.05) is 20.8 Å². The van der Waals surface area contributed by atoms with E-state index in [2.05, 4.69) is 0 Å². The van der Waals surface area contributed by atoms with Crippen molar-refractivity contribution >= 4 is 11.9 Å². The summed E-state index contributed by atoms with van der Waals surface area (Å²) in [6, 6.07) is 0. The number of esters is 2. The molecule has 7 heteroatoms. The monoisotopic (exact) mass is 328 g/mol. The molecule has 23 heavy (non-hydrogen) atoms. The molecule has 130 valence electrons. The molecule has 0 amide bonds. The van der Waals surface area contributed by atoms with Gasteiger partial charge in [0.25, 0.3) is 0 Å². The van der Waals surface area contributed by atoms with Crippen molar-refractivity contribution in [1.82, 2.24) is 0 Å². The molecule has 3 aliphatic rings. The smallest absolute Gasteiger partial charge is 0.303 e. The molecular formula is C16H24O7. The molecule has 0 aromatic rings. The summed E-state index contributed by atoms with van der Waals surface area (Å²) in [5.74, 6) is -1.84. The van der Waals surface area contributed by atoms with Gasteiger partial charge in [0.15, 0.2) is 11.9 Å². The summed E-state index contributed by atoms with van der Waals surface area (Å²) in [4.78, 5) is 22.9. The van der Waals surface area contributed by atoms with Gasteiger partial charge in [0.2, 0.25) is 0 Å². The summed E-state index contributed by atoms with van der Waals surface area (Å²) in [5.41, 5.74) is -1.51. The molecule has 0 aromatic heterocycles. The average Bonchev–Trinajstić information content (AvgIpc) is 2.69. The minimum atomic E-state index is -0.819. The first-order valence-corrected chi connectivity index (χ1v) is 7.93. The number of hydrogen-bond acceptors (Lipinski definition) is 7. The van der Waals surface area contributed by atoms with Crippen molar-refractivity contribution in [3.63, 3.8) is 0 Å². The van der Waals surface area contributed by atoms with E-state index in [0.717, 1.165) is 0 Å². The van der Waals surface area contributed by atoms with Crippen LogP contribution >= 0.6 is 0 Å². The van der Waals surface area contributed by atoms with E-state index >= 15 is 0 Å². The quantitative estimate of drug-likeness (QED) is 0.720. The molecule has 2 aliphatic heterocycles. The molecular weight excluding hydrogens is 304 g/mol. The Morgan fingerprint density at radius 3 is 2.48 bits per heavy atom. The lowest BCUT2D eigenvalue weighted by molar-refractivity contribution is -0.255. The highest BCUT2D eigenvalue weighted by Gasteiger charge is 2.76. The summed E-state index contributed by atoms with van der Waals surface area (Å²) >= 11 is 0. The van der Waals surface area contributed by atoms with E-state index in [1.165, 1.54) is 13.8 Å². The van der Waals surface area contributed by atoms with Crippen molar-refractivity contribution in [2.24, 2.45) is 5.92 Å². The standard InChI is InChI=1S/C16H24O7/c1-9(17)19-8-11-15(5)12(21-10(2)18)13-16(11,6-7-20-15)23-14(3,4)22-13/h11-13H,6-8H2,1-5H3/t11-,12-,13+,15-,16-/m0/s1. The maximum Gasteiger partial charge on any atom is 0.303 e. The second kappa shape index (κ2) is 5.16. The highest BCUT2D eigenvalue weighted by Crippen LogP contribution is 2.60. The largest absolute Gasteiger partial charge is 0.465 e. The van der Waals surface area contributed by atoms with Crippen LogP contribution in [0, 0.1) is 5.92 Å². The van der Waals surface area contributed by atoms with E-state index in [0.29, 0.717) is 13.0 Å². The van der Waals surface area contributed by atoms with E-state index in [1.54, 1.807) is 0 Å². The summed E-state index contributed by atoms with van der Waals surface area (Å²) in [6.45, 7) is 8.87. The van der Waals surface area contributed by atoms with E-state index in [9.17, 15) is 9.59 Å². The van der Waals surface area contributed by atoms with Crippen LogP contribution in [0.3, 0.4) is 0 Å². The number of rotatable bonds is 3. The number of ether oxygens (including phenoxy) is 5. The predicted molar refractivity (Wildman–Crippen MR) is 77.4 cm³/mol. The van der Waals surface area contributed by atoms with Gasteiger partial charge in [-0.2, -0.15) is 0 Å². The van der Waals surface area contributed by atoms with Gasteiger partial charge in [-0.05, 0) is 20.8 Å². The minimum Gasteiger partial charge on any atom is -0.465 e. The highest BCUT2D eigenvalue weighted by molar-refractivity contribution is 5.67. The van der Waals surface area contributed by atoms with Crippen LogP contribution < -0.4 is 0 Å². The van der Waals surface area contributed by atoms with E-state index in [4.69, 9.17) is 23.7 Å². The van der Waals surface area contributed by atoms with Gasteiger partial charge < -0.3 is 23.7 Å². The third-order valence-electron chi connectivity index (χ3n) is 5.10. The maximum absolute atomic E-state index is 11.6. The van der Waals surface area contributed by atoms with Crippen LogP contribution in [0.2, 0.25) is 0 Å². The van der Waals surface area contributed by atoms with Crippen LogP contribution in [0.5, 0.6) is 0 Å². The lowest BCUT2D eigenvalue weighted by Gasteiger charge is -2.45. The number of hydrogen-bond donors (Lipinski definition) is 0. The second-order valence-electron chi connectivity index (χ2n) is 7.16. The van der Waals surface area contributed by atoms with Crippen LogP contribution in [0.15, 0.2) is 0 Å². The molecule has 2 heterocycles. The second-order valence-corrected chi connectivity index (χ2v) is 7.16. The van der Waals surface area contributed by atoms with Gasteiger partial charge in [0.05, 0.1) is 19.1 Å². The number of fused-ring (bicyclic) bond motifs is 1. The average molecular weight is 328 g/mol. The first kappa shape index (κ1) is 16.7. The van der Waals surface area contributed by atoms with Gasteiger partial charge >= 0.3 is 11.9 Å². The Balaban J connectivity index is 2.00. The number of carbonyl (C=O) groups is 2. The Hall–Kier alpha value is -1.18. The normalized spacial score (nSPS) is 43.8. The fourth-order valence-corrected chi connectivity index (χ4v) is 4.36. The molecule has 2 bridgehead atoms. The topological polar surface area (TPSA) is 80.3 Å². The van der Waals surface area contributed by atoms with Crippen molar-refractivity contribution in [3.8, 4) is 0 Å². The van der Waals surface area contributed by atoms with Crippen molar-refractivity contribution in [3.05, 3.63) is 0 Å². The predicted octanol–water partition coefficient (Wildman–Crippen LogP) is 1.18. The van der Waals surface area contributed by atoms with Crippen LogP contribution in [0.25, 0.3) is 0 Å². The molecule has 0 N–H and O–H groups in total. The third kappa shape index (κ3) is 2.45. The fraction of sp³-hybridized carbons (Fsp3) is 0.875. The molecule has 2 saturated heterocycles. The van der Waals surface area contributed by atoms with E-state index < -0.39 is 35.2 Å². The number of carbonyl (C=O) groups excluding carboxylic acids is 2. The van der Waals surface area contributed by atoms with Crippen molar-refractivity contribution in [2.75, 3.05) is 13.2 Å². The van der Waals surface area contributed by atoms with Crippen LogP contribution in [-0.4, -0.2) is 54.3 Å². The first-order chi connectivity index (χ1) is 10.6. The van der Waals surface area contributed by atoms with Crippen LogP contribution in [0.1, 0.15) is 41.0 Å². The first-order valence-electron chi connectivity index (χ1n) is 7.93. The Morgan fingerprint density at radius 2 is 1.87 bits per heavy atom. The summed E-state index contributed by atoms with van der Waals surface area (Å²) < 4.78 is 29.1. The van der Waals surface area contributed by atoms with Crippen molar-refractivity contribution < 1.29 is 33.3 Å². The lowest BCUT2D eigenvalue weighted by Crippen LogP contribution is -2.56. The van der Waals surface area contributed by atoms with Gasteiger partial charge in [0.1, 0.15) is 17.3 Å². The molecule has 7 nitrogen and oxygen atoms in total. The third-order valence-corrected chi connectivity index (χ3v) is 5.10. The zero-order chi connectivity index (χ0) is 17.0. The lowest BCUT2D eigenvalue weighted by atomic mass is 9.79. The van der Waals surface area contributed by atoms with Gasteiger partial charge in [-0.25, -0.2) is 0 Å². The SMILES string of the molecule is CC(=O)OC[C@H]1[C@]2(C)OCC[C@]13OC(C)(C)O[C@@H]3[C@@H]2OC(C)=O. The molecule has 0 unspecified atom stereocenters. The molecule has 3 fully saturated rings. The molecule has 1 saturated carbocycles. The molecule has 5 atom stereocenters. The van der Waals surface area contributed by atoms with Crippen molar-refractivity contribution in [2.45, 2.75) is 70.2 Å². The Kier molecular flexibility index (Phi) is 3.74. The van der Waals surface area contributed by atoms with Crippen LogP contribution in [0.4, 0.5) is 0 Å². The molecule has 1 spiro atoms. The highest BCUT2D eigenvalue weighted by atomic mass is 16.8. The van der Waals surface area contributed by atoms with E-state index in [-0.39, 0.29) is 18.5 Å². The Labute approximate surface area is 135 Å².